The Morgan fingerprint density at radius 2 is 1.78 bits per heavy atom. The molecular formula is C2H6O7. The van der Waals surface area contributed by atoms with Crippen molar-refractivity contribution in [3.8, 4) is 0 Å². The highest BCUT2D eigenvalue weighted by atomic mass is 17.7. The number of rotatable bonds is 5. The van der Waals surface area contributed by atoms with E-state index in [-0.39, 0.29) is 0 Å². The predicted octanol–water partition coefficient (Wildman–Crippen LogP) is 0.106. The molecule has 0 aromatic rings. The lowest BCUT2D eigenvalue weighted by Crippen LogP contribution is -2.12. The van der Waals surface area contributed by atoms with Crippen molar-refractivity contribution >= 4 is 0 Å². The van der Waals surface area contributed by atoms with Crippen LogP contribution in [0.5, 0.6) is 0 Å². The van der Waals surface area contributed by atoms with E-state index in [9.17, 15) is 0 Å². The molecule has 0 aliphatic rings. The molecule has 0 amide bonds. The lowest BCUT2D eigenvalue weighted by Gasteiger charge is -2.03. The fourth-order valence-electron chi connectivity index (χ4n) is 0.150. The van der Waals surface area contributed by atoms with E-state index in [1.54, 1.807) is 0 Å². The summed E-state index contributed by atoms with van der Waals surface area (Å²) in [6.45, 7) is 1.31. The largest absolute Gasteiger partial charge is 0.228 e. The van der Waals surface area contributed by atoms with Gasteiger partial charge in [-0.15, -0.1) is 0 Å². The van der Waals surface area contributed by atoms with Crippen LogP contribution in [0.3, 0.4) is 0 Å². The predicted molar refractivity (Wildman–Crippen MR) is 20.1 cm³/mol. The monoisotopic (exact) mass is 142 g/mol. The third-order valence-corrected chi connectivity index (χ3v) is 0.384. The van der Waals surface area contributed by atoms with Crippen molar-refractivity contribution < 1.29 is 35.4 Å². The molecule has 7 nitrogen and oxygen atoms in total. The molecule has 7 heteroatoms. The second-order valence-corrected chi connectivity index (χ2v) is 0.977. The molecule has 0 radical (unpaired) electrons. The zero-order valence-corrected chi connectivity index (χ0v) is 4.51. The first-order valence-corrected chi connectivity index (χ1v) is 1.91. The molecule has 0 spiro atoms. The van der Waals surface area contributed by atoms with Crippen molar-refractivity contribution in [3.05, 3.63) is 0 Å². The maximum atomic E-state index is 7.57. The molecule has 0 saturated carbocycles. The summed E-state index contributed by atoms with van der Waals surface area (Å²) in [4.78, 5) is 7.81. The van der Waals surface area contributed by atoms with Gasteiger partial charge in [0.1, 0.15) is 0 Å². The highest BCUT2D eigenvalue weighted by Crippen LogP contribution is 1.92. The average molecular weight is 142 g/mol. The van der Waals surface area contributed by atoms with E-state index in [4.69, 9.17) is 10.5 Å². The summed E-state index contributed by atoms with van der Waals surface area (Å²) in [5.74, 6) is 0. The average Bonchev–Trinajstić information content (AvgIpc) is 1.85. The number of hydrogen-bond acceptors (Lipinski definition) is 7. The van der Waals surface area contributed by atoms with Crippen LogP contribution >= 0.6 is 0 Å². The summed E-state index contributed by atoms with van der Waals surface area (Å²) in [5, 5.41) is 24.7. The van der Waals surface area contributed by atoms with Crippen LogP contribution in [0.2, 0.25) is 0 Å². The Hall–Kier alpha value is -0.280. The summed E-state index contributed by atoms with van der Waals surface area (Å²) < 4.78 is 0. The fourth-order valence-corrected chi connectivity index (χ4v) is 0.150. The van der Waals surface area contributed by atoms with E-state index >= 15 is 0 Å². The van der Waals surface area contributed by atoms with Crippen LogP contribution in [0.4, 0.5) is 0 Å². The summed E-state index contributed by atoms with van der Waals surface area (Å²) >= 11 is 0. The van der Waals surface area contributed by atoms with Crippen LogP contribution in [-0.4, -0.2) is 16.8 Å². The first-order chi connectivity index (χ1) is 4.31. The van der Waals surface area contributed by atoms with E-state index in [2.05, 4.69) is 24.9 Å². The van der Waals surface area contributed by atoms with Gasteiger partial charge >= 0.3 is 0 Å². The van der Waals surface area contributed by atoms with Gasteiger partial charge in [0.05, 0.1) is 0 Å². The van der Waals surface area contributed by atoms with Gasteiger partial charge < -0.3 is 0 Å². The van der Waals surface area contributed by atoms with Crippen molar-refractivity contribution in [1.29, 1.82) is 0 Å². The minimum Gasteiger partial charge on any atom is -0.221 e. The van der Waals surface area contributed by atoms with E-state index in [0.29, 0.717) is 0 Å². The lowest BCUT2D eigenvalue weighted by molar-refractivity contribution is -0.665. The summed E-state index contributed by atoms with van der Waals surface area (Å²) in [7, 11) is 0. The molecule has 0 aromatic carbocycles. The standard InChI is InChI=1S/C2H6O7/c1-2(5-7-3)6-9-8-4/h2-4H,1H3. The Morgan fingerprint density at radius 3 is 2.22 bits per heavy atom. The van der Waals surface area contributed by atoms with Gasteiger partial charge in [-0.25, -0.2) is 10.5 Å². The lowest BCUT2D eigenvalue weighted by atomic mass is 10.8. The number of hydrogen-bond donors (Lipinski definition) is 2. The van der Waals surface area contributed by atoms with E-state index in [1.165, 1.54) is 6.92 Å². The van der Waals surface area contributed by atoms with Crippen LogP contribution in [0.25, 0.3) is 0 Å². The zero-order valence-electron chi connectivity index (χ0n) is 4.51. The molecule has 0 bridgehead atoms. The van der Waals surface area contributed by atoms with Gasteiger partial charge in [0.15, 0.2) is 0 Å². The fraction of sp³-hybridized carbons (Fsp3) is 1.00. The molecule has 0 heterocycles. The quantitative estimate of drug-likeness (QED) is 0.320. The van der Waals surface area contributed by atoms with Crippen molar-refractivity contribution in [2.24, 2.45) is 0 Å². The molecule has 0 aromatic heterocycles. The van der Waals surface area contributed by atoms with Crippen molar-refractivity contribution in [1.82, 2.24) is 0 Å². The maximum Gasteiger partial charge on any atom is 0.228 e. The normalized spacial score (nSPS) is 13.7. The highest BCUT2D eigenvalue weighted by molar-refractivity contribution is 4.11. The Kier molecular flexibility index (Phi) is 5.67. The smallest absolute Gasteiger partial charge is 0.221 e. The van der Waals surface area contributed by atoms with Crippen molar-refractivity contribution in [2.45, 2.75) is 13.2 Å². The van der Waals surface area contributed by atoms with E-state index in [1.807, 2.05) is 0 Å². The minimum absolute atomic E-state index is 1.01. The maximum absolute atomic E-state index is 7.57. The van der Waals surface area contributed by atoms with Gasteiger partial charge in [0.25, 0.3) is 0 Å². The Labute approximate surface area is 49.9 Å². The van der Waals surface area contributed by atoms with Gasteiger partial charge in [-0.05, 0) is 17.0 Å². The summed E-state index contributed by atoms with van der Waals surface area (Å²) in [5.41, 5.74) is 0. The molecule has 0 saturated heterocycles. The molecule has 1 atom stereocenters. The van der Waals surface area contributed by atoms with Gasteiger partial charge in [-0.2, -0.15) is 9.78 Å². The van der Waals surface area contributed by atoms with Crippen LogP contribution in [0.15, 0.2) is 0 Å². The molecule has 1 unspecified atom stereocenters. The Bertz CT molecular complexity index is 54.9. The molecule has 56 valence electrons. The molecule has 0 aliphatic heterocycles. The van der Waals surface area contributed by atoms with Gasteiger partial charge in [-0.1, -0.05) is 5.04 Å². The van der Waals surface area contributed by atoms with Crippen LogP contribution in [-0.2, 0) is 24.9 Å². The van der Waals surface area contributed by atoms with Crippen LogP contribution < -0.4 is 0 Å². The zero-order chi connectivity index (χ0) is 7.11. The van der Waals surface area contributed by atoms with Gasteiger partial charge in [0.2, 0.25) is 6.29 Å². The SMILES string of the molecule is CC(OOO)OOOO. The topological polar surface area (TPSA) is 86.6 Å². The van der Waals surface area contributed by atoms with Crippen molar-refractivity contribution in [2.75, 3.05) is 0 Å². The third-order valence-electron chi connectivity index (χ3n) is 0.384. The van der Waals surface area contributed by atoms with Gasteiger partial charge in [0, 0.05) is 0 Å². The van der Waals surface area contributed by atoms with Crippen LogP contribution in [0, 0.1) is 0 Å². The second-order valence-electron chi connectivity index (χ2n) is 0.977. The highest BCUT2D eigenvalue weighted by Gasteiger charge is 2.03. The first-order valence-electron chi connectivity index (χ1n) is 1.91. The summed E-state index contributed by atoms with van der Waals surface area (Å²) in [6, 6.07) is 0. The van der Waals surface area contributed by atoms with Gasteiger partial charge in [-0.3, -0.25) is 0 Å². The van der Waals surface area contributed by atoms with E-state index < -0.39 is 6.29 Å². The Balaban J connectivity index is 2.95. The molecular weight excluding hydrogens is 136 g/mol. The first kappa shape index (κ1) is 8.72. The molecule has 0 fully saturated rings. The van der Waals surface area contributed by atoms with E-state index in [0.717, 1.165) is 0 Å². The molecule has 9 heavy (non-hydrogen) atoms. The molecule has 2 N–H and O–H groups in total. The van der Waals surface area contributed by atoms with Crippen molar-refractivity contribution in [3.63, 3.8) is 0 Å². The molecule has 0 rings (SSSR count). The molecule has 0 aliphatic carbocycles. The third kappa shape index (κ3) is 5.59. The van der Waals surface area contributed by atoms with Crippen LogP contribution in [0.1, 0.15) is 6.92 Å². The summed E-state index contributed by atoms with van der Waals surface area (Å²) in [6.07, 6.45) is -1.01. The second kappa shape index (κ2) is 5.85. The minimum atomic E-state index is -1.01. The Morgan fingerprint density at radius 1 is 1.11 bits per heavy atom.